The van der Waals surface area contributed by atoms with E-state index >= 15 is 0 Å². The van der Waals surface area contributed by atoms with Crippen LogP contribution in [-0.4, -0.2) is 17.0 Å². The van der Waals surface area contributed by atoms with Gasteiger partial charge in [-0.15, -0.1) is 11.3 Å². The van der Waals surface area contributed by atoms with Gasteiger partial charge >= 0.3 is 0 Å². The number of carbonyl (C=O) groups excluding carboxylic acids is 1. The summed E-state index contributed by atoms with van der Waals surface area (Å²) in [5.41, 5.74) is 2.05. The van der Waals surface area contributed by atoms with Crippen LogP contribution in [0, 0.1) is 0 Å². The fraction of sp³-hybridized carbons (Fsp3) is 0.308. The summed E-state index contributed by atoms with van der Waals surface area (Å²) in [6.45, 7) is 2.99. The highest BCUT2D eigenvalue weighted by molar-refractivity contribution is 7.12. The largest absolute Gasteiger partial charge is 0.330 e. The van der Waals surface area contributed by atoms with Crippen LogP contribution in [0.25, 0.3) is 5.69 Å². The van der Waals surface area contributed by atoms with Gasteiger partial charge in [0.15, 0.2) is 0 Å². The predicted octanol–water partition coefficient (Wildman–Crippen LogP) is 2.28. The van der Waals surface area contributed by atoms with Crippen molar-refractivity contribution >= 4 is 17.2 Å². The third-order valence-electron chi connectivity index (χ3n) is 3.06. The SMILES string of the molecule is CCCNC1NC(=O)c2sccc2-n2cccc21. The molecule has 0 radical (unpaired) electrons. The first-order chi connectivity index (χ1) is 8.81. The minimum Gasteiger partial charge on any atom is -0.330 e. The number of hydrogen-bond donors (Lipinski definition) is 2. The lowest BCUT2D eigenvalue weighted by Crippen LogP contribution is -2.37. The molecule has 2 N–H and O–H groups in total. The summed E-state index contributed by atoms with van der Waals surface area (Å²) >= 11 is 1.48. The summed E-state index contributed by atoms with van der Waals surface area (Å²) in [7, 11) is 0. The number of fused-ring (bicyclic) bond motifs is 3. The first kappa shape index (κ1) is 11.5. The van der Waals surface area contributed by atoms with Crippen molar-refractivity contribution in [3.8, 4) is 5.69 Å². The molecular weight excluding hydrogens is 246 g/mol. The van der Waals surface area contributed by atoms with E-state index in [9.17, 15) is 4.79 Å². The third-order valence-corrected chi connectivity index (χ3v) is 3.96. The van der Waals surface area contributed by atoms with Crippen molar-refractivity contribution in [3.63, 3.8) is 0 Å². The molecule has 0 fully saturated rings. The van der Waals surface area contributed by atoms with Crippen LogP contribution in [0.15, 0.2) is 29.8 Å². The van der Waals surface area contributed by atoms with E-state index in [0.717, 1.165) is 29.2 Å². The van der Waals surface area contributed by atoms with E-state index in [0.29, 0.717) is 0 Å². The Morgan fingerprint density at radius 1 is 1.50 bits per heavy atom. The van der Waals surface area contributed by atoms with Gasteiger partial charge < -0.3 is 9.88 Å². The molecule has 3 rings (SSSR count). The number of carbonyl (C=O) groups is 1. The molecule has 2 aromatic heterocycles. The Bertz CT molecular complexity index is 572. The molecular formula is C13H15N3OS. The third kappa shape index (κ3) is 1.76. The summed E-state index contributed by atoms with van der Waals surface area (Å²) in [5.74, 6) is -0.00250. The topological polar surface area (TPSA) is 46.1 Å². The lowest BCUT2D eigenvalue weighted by molar-refractivity contribution is 0.0935. The van der Waals surface area contributed by atoms with Crippen molar-refractivity contribution in [1.29, 1.82) is 0 Å². The van der Waals surface area contributed by atoms with Crippen LogP contribution in [-0.2, 0) is 0 Å². The molecule has 2 aromatic rings. The van der Waals surface area contributed by atoms with Gasteiger partial charge in [-0.1, -0.05) is 6.92 Å². The zero-order chi connectivity index (χ0) is 12.5. The lowest BCUT2D eigenvalue weighted by atomic mass is 10.3. The second-order valence-corrected chi connectivity index (χ2v) is 5.21. The molecule has 1 aliphatic rings. The zero-order valence-corrected chi connectivity index (χ0v) is 11.0. The normalized spacial score (nSPS) is 17.8. The molecule has 3 heterocycles. The molecule has 0 aliphatic carbocycles. The Hall–Kier alpha value is -1.59. The van der Waals surface area contributed by atoms with Crippen LogP contribution in [0.1, 0.15) is 34.9 Å². The number of hydrogen-bond acceptors (Lipinski definition) is 3. The Kier molecular flexibility index (Phi) is 2.93. The van der Waals surface area contributed by atoms with E-state index in [4.69, 9.17) is 0 Å². The van der Waals surface area contributed by atoms with Crippen molar-refractivity contribution in [1.82, 2.24) is 15.2 Å². The first-order valence-corrected chi connectivity index (χ1v) is 6.98. The molecule has 1 atom stereocenters. The minimum absolute atomic E-state index is 0.00250. The van der Waals surface area contributed by atoms with Gasteiger partial charge in [-0.3, -0.25) is 10.1 Å². The molecule has 18 heavy (non-hydrogen) atoms. The van der Waals surface area contributed by atoms with Gasteiger partial charge in [0, 0.05) is 6.20 Å². The number of nitrogens with one attached hydrogen (secondary N) is 2. The Morgan fingerprint density at radius 2 is 2.39 bits per heavy atom. The van der Waals surface area contributed by atoms with E-state index in [2.05, 4.69) is 22.1 Å². The molecule has 1 unspecified atom stereocenters. The number of amides is 1. The van der Waals surface area contributed by atoms with Crippen molar-refractivity contribution < 1.29 is 4.79 Å². The maximum Gasteiger partial charge on any atom is 0.265 e. The fourth-order valence-corrected chi connectivity index (χ4v) is 3.01. The average molecular weight is 261 g/mol. The van der Waals surface area contributed by atoms with Crippen molar-refractivity contribution in [2.45, 2.75) is 19.5 Å². The lowest BCUT2D eigenvalue weighted by Gasteiger charge is -2.18. The van der Waals surface area contributed by atoms with Crippen LogP contribution < -0.4 is 10.6 Å². The number of rotatable bonds is 3. The highest BCUT2D eigenvalue weighted by Crippen LogP contribution is 2.28. The average Bonchev–Trinajstić information content (AvgIpc) is 2.99. The van der Waals surface area contributed by atoms with Gasteiger partial charge in [-0.05, 0) is 36.5 Å². The van der Waals surface area contributed by atoms with Gasteiger partial charge in [0.25, 0.3) is 5.91 Å². The van der Waals surface area contributed by atoms with Crippen molar-refractivity contribution in [2.75, 3.05) is 6.54 Å². The summed E-state index contributed by atoms with van der Waals surface area (Å²) in [6.07, 6.45) is 2.92. The Balaban J connectivity index is 2.05. The molecule has 1 amide bonds. The van der Waals surface area contributed by atoms with Gasteiger partial charge in [0.05, 0.1) is 11.4 Å². The van der Waals surface area contributed by atoms with Gasteiger partial charge in [-0.2, -0.15) is 0 Å². The molecule has 0 aromatic carbocycles. The van der Waals surface area contributed by atoms with Crippen LogP contribution in [0.2, 0.25) is 0 Å². The second kappa shape index (κ2) is 4.59. The van der Waals surface area contributed by atoms with Crippen LogP contribution in [0.3, 0.4) is 0 Å². The Morgan fingerprint density at radius 3 is 3.22 bits per heavy atom. The fourth-order valence-electron chi connectivity index (χ4n) is 2.23. The van der Waals surface area contributed by atoms with Crippen molar-refractivity contribution in [2.24, 2.45) is 0 Å². The van der Waals surface area contributed by atoms with Gasteiger partial charge in [0.1, 0.15) is 11.0 Å². The van der Waals surface area contributed by atoms with E-state index < -0.39 is 0 Å². The highest BCUT2D eigenvalue weighted by atomic mass is 32.1. The standard InChI is InChI=1S/C13H15N3OS/c1-2-6-14-12-10-4-3-7-16(10)9-5-8-18-11(9)13(17)15-12/h3-5,7-8,12,14H,2,6H2,1H3,(H,15,17). The molecule has 0 saturated heterocycles. The number of thiophene rings is 1. The maximum atomic E-state index is 12.2. The summed E-state index contributed by atoms with van der Waals surface area (Å²) in [6, 6.07) is 6.04. The first-order valence-electron chi connectivity index (χ1n) is 6.10. The molecule has 94 valence electrons. The summed E-state index contributed by atoms with van der Waals surface area (Å²) in [4.78, 5) is 12.9. The molecule has 5 heteroatoms. The minimum atomic E-state index is -0.118. The van der Waals surface area contributed by atoms with E-state index in [-0.39, 0.29) is 12.1 Å². The molecule has 0 bridgehead atoms. The van der Waals surface area contributed by atoms with Crippen LogP contribution in [0.4, 0.5) is 0 Å². The molecule has 1 aliphatic heterocycles. The highest BCUT2D eigenvalue weighted by Gasteiger charge is 2.26. The Labute approximate surface area is 110 Å². The maximum absolute atomic E-state index is 12.2. The van der Waals surface area contributed by atoms with Crippen LogP contribution >= 0.6 is 11.3 Å². The molecule has 0 spiro atoms. The van der Waals surface area contributed by atoms with Crippen LogP contribution in [0.5, 0.6) is 0 Å². The van der Waals surface area contributed by atoms with E-state index in [1.54, 1.807) is 0 Å². The summed E-state index contributed by atoms with van der Waals surface area (Å²) < 4.78 is 2.08. The smallest absolute Gasteiger partial charge is 0.265 e. The number of nitrogens with zero attached hydrogens (tertiary/aromatic N) is 1. The number of aromatic nitrogens is 1. The van der Waals surface area contributed by atoms with Gasteiger partial charge in [0.2, 0.25) is 0 Å². The monoisotopic (exact) mass is 261 g/mol. The quantitative estimate of drug-likeness (QED) is 0.890. The second-order valence-electron chi connectivity index (χ2n) is 4.30. The predicted molar refractivity (Wildman–Crippen MR) is 72.1 cm³/mol. The van der Waals surface area contributed by atoms with E-state index in [1.165, 1.54) is 11.3 Å². The zero-order valence-electron chi connectivity index (χ0n) is 10.1. The van der Waals surface area contributed by atoms with E-state index in [1.807, 2.05) is 29.8 Å². The van der Waals surface area contributed by atoms with Gasteiger partial charge in [-0.25, -0.2) is 0 Å². The van der Waals surface area contributed by atoms with Crippen molar-refractivity contribution in [3.05, 3.63) is 40.3 Å². The molecule has 4 nitrogen and oxygen atoms in total. The molecule has 0 saturated carbocycles. The summed E-state index contributed by atoms with van der Waals surface area (Å²) in [5, 5.41) is 8.35.